The second kappa shape index (κ2) is 15.7. The van der Waals surface area contributed by atoms with E-state index in [9.17, 15) is 4.79 Å². The molecule has 0 amide bonds. The summed E-state index contributed by atoms with van der Waals surface area (Å²) in [6, 6.07) is -0.285. The van der Waals surface area contributed by atoms with Gasteiger partial charge in [-0.2, -0.15) is 0 Å². The maximum absolute atomic E-state index is 11.7. The van der Waals surface area contributed by atoms with Gasteiger partial charge in [-0.15, -0.1) is 0 Å². The van der Waals surface area contributed by atoms with Crippen LogP contribution in [-0.2, 0) is 23.7 Å². The van der Waals surface area contributed by atoms with Crippen molar-refractivity contribution < 1.29 is 23.7 Å². The minimum Gasteiger partial charge on any atom is -0.465 e. The monoisotopic (exact) mass is 305 g/mol. The Kier molecular flexibility index (Phi) is 15.2. The number of rotatable bonds is 15. The molecule has 0 aromatic heterocycles. The molecule has 0 aliphatic heterocycles. The topological polar surface area (TPSA) is 66.0 Å². The maximum atomic E-state index is 11.7. The van der Waals surface area contributed by atoms with E-state index in [4.69, 9.17) is 18.9 Å². The summed E-state index contributed by atoms with van der Waals surface area (Å²) in [7, 11) is 1.68. The number of hydrogen-bond acceptors (Lipinski definition) is 6. The molecule has 0 radical (unpaired) electrons. The summed E-state index contributed by atoms with van der Waals surface area (Å²) < 4.78 is 20.8. The Balaban J connectivity index is 3.60. The second-order valence-electron chi connectivity index (χ2n) is 4.62. The number of carbonyl (C=O) groups is 1. The van der Waals surface area contributed by atoms with Crippen molar-refractivity contribution in [1.82, 2.24) is 5.32 Å². The van der Waals surface area contributed by atoms with E-state index >= 15 is 0 Å². The van der Waals surface area contributed by atoms with Crippen molar-refractivity contribution in [2.45, 2.75) is 39.2 Å². The zero-order chi connectivity index (χ0) is 15.8. The van der Waals surface area contributed by atoms with Crippen LogP contribution >= 0.6 is 0 Å². The third-order valence-corrected chi connectivity index (χ3v) is 2.77. The summed E-state index contributed by atoms with van der Waals surface area (Å²) in [6.07, 6.45) is 2.48. The first-order valence-corrected chi connectivity index (χ1v) is 7.80. The van der Waals surface area contributed by atoms with Gasteiger partial charge in [-0.1, -0.05) is 6.92 Å². The zero-order valence-corrected chi connectivity index (χ0v) is 13.7. The Morgan fingerprint density at radius 1 is 1.05 bits per heavy atom. The standard InChI is InChI=1S/C15H31NO5/c1-4-8-16-14(15(17)21-5-2)7-11-20-13-12-19-10-6-9-18-3/h14,16H,4-13H2,1-3H3. The lowest BCUT2D eigenvalue weighted by molar-refractivity contribution is -0.146. The van der Waals surface area contributed by atoms with E-state index in [-0.39, 0.29) is 12.0 Å². The highest BCUT2D eigenvalue weighted by atomic mass is 16.5. The lowest BCUT2D eigenvalue weighted by Crippen LogP contribution is -2.39. The third-order valence-electron chi connectivity index (χ3n) is 2.77. The summed E-state index contributed by atoms with van der Waals surface area (Å²) in [5.74, 6) is -0.203. The van der Waals surface area contributed by atoms with Gasteiger partial charge in [0.05, 0.1) is 19.8 Å². The van der Waals surface area contributed by atoms with Crippen molar-refractivity contribution in [3.63, 3.8) is 0 Å². The molecule has 0 aliphatic rings. The molecule has 0 heterocycles. The molecule has 0 aromatic carbocycles. The SMILES string of the molecule is CCCNC(CCOCCOCCCOC)C(=O)OCC. The molecule has 0 saturated heterocycles. The lowest BCUT2D eigenvalue weighted by Gasteiger charge is -2.16. The summed E-state index contributed by atoms with van der Waals surface area (Å²) in [4.78, 5) is 11.7. The number of methoxy groups -OCH3 is 1. The molecule has 0 fully saturated rings. The van der Waals surface area contributed by atoms with E-state index in [1.807, 2.05) is 6.92 Å². The van der Waals surface area contributed by atoms with Gasteiger partial charge in [0, 0.05) is 26.9 Å². The largest absolute Gasteiger partial charge is 0.465 e. The van der Waals surface area contributed by atoms with Crippen LogP contribution in [0.5, 0.6) is 0 Å². The van der Waals surface area contributed by atoms with Crippen molar-refractivity contribution >= 4 is 5.97 Å². The van der Waals surface area contributed by atoms with Crippen LogP contribution < -0.4 is 5.32 Å². The molecule has 21 heavy (non-hydrogen) atoms. The van der Waals surface area contributed by atoms with E-state index in [1.54, 1.807) is 7.11 Å². The van der Waals surface area contributed by atoms with E-state index < -0.39 is 0 Å². The molecular formula is C15H31NO5. The van der Waals surface area contributed by atoms with Crippen LogP contribution in [0.2, 0.25) is 0 Å². The number of ether oxygens (including phenoxy) is 4. The summed E-state index contributed by atoms with van der Waals surface area (Å²) in [6.45, 7) is 8.09. The Morgan fingerprint density at radius 3 is 2.38 bits per heavy atom. The second-order valence-corrected chi connectivity index (χ2v) is 4.62. The van der Waals surface area contributed by atoms with Gasteiger partial charge in [0.1, 0.15) is 6.04 Å². The molecule has 0 aromatic rings. The average Bonchev–Trinajstić information content (AvgIpc) is 2.48. The van der Waals surface area contributed by atoms with E-state index in [0.29, 0.717) is 46.1 Å². The smallest absolute Gasteiger partial charge is 0.323 e. The first-order valence-electron chi connectivity index (χ1n) is 7.80. The van der Waals surface area contributed by atoms with Crippen molar-refractivity contribution in [3.8, 4) is 0 Å². The quantitative estimate of drug-likeness (QED) is 0.364. The molecule has 0 rings (SSSR count). The molecule has 126 valence electrons. The average molecular weight is 305 g/mol. The van der Waals surface area contributed by atoms with Gasteiger partial charge in [0.25, 0.3) is 0 Å². The van der Waals surface area contributed by atoms with Gasteiger partial charge >= 0.3 is 5.97 Å². The van der Waals surface area contributed by atoms with Gasteiger partial charge in [0.15, 0.2) is 0 Å². The van der Waals surface area contributed by atoms with Gasteiger partial charge in [0.2, 0.25) is 0 Å². The first-order chi connectivity index (χ1) is 10.3. The van der Waals surface area contributed by atoms with Crippen LogP contribution in [0.4, 0.5) is 0 Å². The maximum Gasteiger partial charge on any atom is 0.323 e. The van der Waals surface area contributed by atoms with Crippen LogP contribution in [0, 0.1) is 0 Å². The van der Waals surface area contributed by atoms with Gasteiger partial charge in [-0.25, -0.2) is 0 Å². The predicted octanol–water partition coefficient (Wildman–Crippen LogP) is 1.38. The molecule has 1 atom stereocenters. The highest BCUT2D eigenvalue weighted by Gasteiger charge is 2.18. The molecule has 0 aliphatic carbocycles. The van der Waals surface area contributed by atoms with Crippen molar-refractivity contribution in [2.75, 3.05) is 53.3 Å². The van der Waals surface area contributed by atoms with Crippen LogP contribution in [0.25, 0.3) is 0 Å². The van der Waals surface area contributed by atoms with E-state index in [2.05, 4.69) is 12.2 Å². The van der Waals surface area contributed by atoms with Gasteiger partial charge in [-0.3, -0.25) is 4.79 Å². The first kappa shape index (κ1) is 20.3. The minimum absolute atomic E-state index is 0.203. The molecule has 6 heteroatoms. The number of hydrogen-bond donors (Lipinski definition) is 1. The fourth-order valence-corrected chi connectivity index (χ4v) is 1.69. The number of esters is 1. The Bertz CT molecular complexity index is 238. The highest BCUT2D eigenvalue weighted by molar-refractivity contribution is 5.75. The van der Waals surface area contributed by atoms with Crippen LogP contribution in [0.3, 0.4) is 0 Å². The Morgan fingerprint density at radius 2 is 1.76 bits per heavy atom. The van der Waals surface area contributed by atoms with Crippen LogP contribution in [0.1, 0.15) is 33.1 Å². The van der Waals surface area contributed by atoms with Crippen LogP contribution in [0.15, 0.2) is 0 Å². The van der Waals surface area contributed by atoms with Crippen molar-refractivity contribution in [3.05, 3.63) is 0 Å². The molecule has 0 spiro atoms. The highest BCUT2D eigenvalue weighted by Crippen LogP contribution is 1.98. The Hall–Kier alpha value is -0.690. The van der Waals surface area contributed by atoms with E-state index in [1.165, 1.54) is 0 Å². The van der Waals surface area contributed by atoms with Crippen LogP contribution in [-0.4, -0.2) is 65.3 Å². The molecule has 1 unspecified atom stereocenters. The molecule has 6 nitrogen and oxygen atoms in total. The number of nitrogens with one attached hydrogen (secondary N) is 1. The summed E-state index contributed by atoms with van der Waals surface area (Å²) >= 11 is 0. The molecule has 0 saturated carbocycles. The number of carbonyl (C=O) groups excluding carboxylic acids is 1. The minimum atomic E-state index is -0.285. The third kappa shape index (κ3) is 12.7. The van der Waals surface area contributed by atoms with Crippen molar-refractivity contribution in [2.24, 2.45) is 0 Å². The van der Waals surface area contributed by atoms with E-state index in [0.717, 1.165) is 19.4 Å². The fraction of sp³-hybridized carbons (Fsp3) is 0.933. The van der Waals surface area contributed by atoms with Gasteiger partial charge in [-0.05, 0) is 32.7 Å². The summed E-state index contributed by atoms with van der Waals surface area (Å²) in [5, 5.41) is 3.18. The zero-order valence-electron chi connectivity index (χ0n) is 13.7. The van der Waals surface area contributed by atoms with Crippen molar-refractivity contribution in [1.29, 1.82) is 0 Å². The fourth-order valence-electron chi connectivity index (χ4n) is 1.69. The molecule has 0 bridgehead atoms. The normalized spacial score (nSPS) is 12.3. The Labute approximate surface area is 128 Å². The molecular weight excluding hydrogens is 274 g/mol. The predicted molar refractivity (Wildman–Crippen MR) is 81.5 cm³/mol. The molecule has 1 N–H and O–H groups in total. The lowest BCUT2D eigenvalue weighted by atomic mass is 10.2. The summed E-state index contributed by atoms with van der Waals surface area (Å²) in [5.41, 5.74) is 0. The van der Waals surface area contributed by atoms with Gasteiger partial charge < -0.3 is 24.3 Å².